The summed E-state index contributed by atoms with van der Waals surface area (Å²) in [5.74, 6) is -0.0372. The fraction of sp³-hybridized carbons (Fsp3) is 0.182. The van der Waals surface area contributed by atoms with Crippen LogP contribution in [-0.4, -0.2) is 10.9 Å². The maximum atomic E-state index is 11.5. The molecular weight excluding hydrogens is 210 g/mol. The Morgan fingerprint density at radius 2 is 2.00 bits per heavy atom. The highest BCUT2D eigenvalue weighted by molar-refractivity contribution is 6.03. The molecule has 0 N–H and O–H groups in total. The van der Waals surface area contributed by atoms with Gasteiger partial charge in [-0.15, -0.1) is 0 Å². The Bertz CT molecular complexity index is 527. The van der Waals surface area contributed by atoms with Gasteiger partial charge in [0, 0.05) is 17.7 Å². The predicted molar refractivity (Wildman–Crippen MR) is 56.8 cm³/mol. The van der Waals surface area contributed by atoms with E-state index in [1.165, 1.54) is 12.1 Å². The SMILES string of the molecule is CC(C)=C1OC(=O)c2cc([N+](=O)[O-])ccc21. The lowest BCUT2D eigenvalue weighted by Gasteiger charge is -1.99. The number of carbonyl (C=O) groups excluding carboxylic acids is 1. The summed E-state index contributed by atoms with van der Waals surface area (Å²) in [7, 11) is 0. The van der Waals surface area contributed by atoms with Crippen LogP contribution in [0.2, 0.25) is 0 Å². The number of cyclic esters (lactones) is 1. The molecule has 82 valence electrons. The molecule has 0 aromatic heterocycles. The van der Waals surface area contributed by atoms with Crippen LogP contribution in [0.4, 0.5) is 5.69 Å². The van der Waals surface area contributed by atoms with E-state index in [-0.39, 0.29) is 11.3 Å². The van der Waals surface area contributed by atoms with Crippen molar-refractivity contribution in [1.82, 2.24) is 0 Å². The lowest BCUT2D eigenvalue weighted by molar-refractivity contribution is -0.384. The number of nitro groups is 1. The minimum atomic E-state index is -0.534. The van der Waals surface area contributed by atoms with E-state index in [1.54, 1.807) is 6.07 Å². The molecule has 16 heavy (non-hydrogen) atoms. The number of hydrogen-bond acceptors (Lipinski definition) is 4. The lowest BCUT2D eigenvalue weighted by atomic mass is 10.1. The Morgan fingerprint density at radius 3 is 2.56 bits per heavy atom. The number of rotatable bonds is 1. The summed E-state index contributed by atoms with van der Waals surface area (Å²) < 4.78 is 5.05. The highest BCUT2D eigenvalue weighted by atomic mass is 16.6. The van der Waals surface area contributed by atoms with Crippen molar-refractivity contribution >= 4 is 17.4 Å². The number of hydrogen-bond donors (Lipinski definition) is 0. The summed E-state index contributed by atoms with van der Waals surface area (Å²) >= 11 is 0. The summed E-state index contributed by atoms with van der Waals surface area (Å²) in [5, 5.41) is 10.6. The minimum Gasteiger partial charge on any atom is -0.422 e. The molecule has 0 amide bonds. The fourth-order valence-corrected chi connectivity index (χ4v) is 1.59. The second-order valence-electron chi connectivity index (χ2n) is 3.71. The van der Waals surface area contributed by atoms with E-state index in [2.05, 4.69) is 0 Å². The molecule has 0 unspecified atom stereocenters. The largest absolute Gasteiger partial charge is 0.422 e. The van der Waals surface area contributed by atoms with Gasteiger partial charge in [-0.1, -0.05) is 0 Å². The van der Waals surface area contributed by atoms with Crippen LogP contribution in [0.5, 0.6) is 0 Å². The molecule has 5 nitrogen and oxygen atoms in total. The highest BCUT2D eigenvalue weighted by Crippen LogP contribution is 2.33. The van der Waals surface area contributed by atoms with E-state index in [0.29, 0.717) is 11.3 Å². The summed E-state index contributed by atoms with van der Waals surface area (Å²) in [6.45, 7) is 3.64. The third-order valence-electron chi connectivity index (χ3n) is 2.33. The Morgan fingerprint density at radius 1 is 1.31 bits per heavy atom. The van der Waals surface area contributed by atoms with Crippen molar-refractivity contribution < 1.29 is 14.5 Å². The van der Waals surface area contributed by atoms with E-state index < -0.39 is 10.9 Å². The van der Waals surface area contributed by atoms with Crippen LogP contribution in [-0.2, 0) is 4.74 Å². The third-order valence-corrected chi connectivity index (χ3v) is 2.33. The van der Waals surface area contributed by atoms with Gasteiger partial charge in [0.25, 0.3) is 5.69 Å². The summed E-state index contributed by atoms with van der Waals surface area (Å²) in [5.41, 5.74) is 1.63. The Balaban J connectivity index is 2.63. The van der Waals surface area contributed by atoms with Gasteiger partial charge in [0.05, 0.1) is 10.5 Å². The normalized spacial score (nSPS) is 13.4. The van der Waals surface area contributed by atoms with E-state index in [1.807, 2.05) is 13.8 Å². The zero-order chi connectivity index (χ0) is 11.9. The van der Waals surface area contributed by atoms with Crippen LogP contribution in [0.3, 0.4) is 0 Å². The first-order valence-electron chi connectivity index (χ1n) is 4.69. The van der Waals surface area contributed by atoms with E-state index >= 15 is 0 Å². The number of allylic oxidation sites excluding steroid dienone is 1. The number of benzene rings is 1. The van der Waals surface area contributed by atoms with Crippen molar-refractivity contribution in [2.45, 2.75) is 13.8 Å². The van der Waals surface area contributed by atoms with Crippen LogP contribution in [0.25, 0.3) is 5.76 Å². The molecular formula is C11H9NO4. The van der Waals surface area contributed by atoms with Crippen molar-refractivity contribution in [1.29, 1.82) is 0 Å². The van der Waals surface area contributed by atoms with Gasteiger partial charge in [0.1, 0.15) is 5.76 Å². The second-order valence-corrected chi connectivity index (χ2v) is 3.71. The van der Waals surface area contributed by atoms with Crippen LogP contribution in [0, 0.1) is 10.1 Å². The molecule has 0 fully saturated rings. The maximum Gasteiger partial charge on any atom is 0.344 e. The number of fused-ring (bicyclic) bond motifs is 1. The average Bonchev–Trinajstić information content (AvgIpc) is 2.56. The van der Waals surface area contributed by atoms with Crippen LogP contribution >= 0.6 is 0 Å². The Labute approximate surface area is 91.5 Å². The number of non-ortho nitro benzene ring substituents is 1. The molecule has 0 aliphatic carbocycles. The molecule has 1 heterocycles. The van der Waals surface area contributed by atoms with Crippen molar-refractivity contribution in [3.63, 3.8) is 0 Å². The lowest BCUT2D eigenvalue weighted by Crippen LogP contribution is -1.95. The highest BCUT2D eigenvalue weighted by Gasteiger charge is 2.29. The number of nitro benzene ring substituents is 1. The zero-order valence-corrected chi connectivity index (χ0v) is 8.81. The first kappa shape index (κ1) is 10.4. The van der Waals surface area contributed by atoms with E-state index in [0.717, 1.165) is 5.57 Å². The Kier molecular flexibility index (Phi) is 2.23. The third kappa shape index (κ3) is 1.46. The van der Waals surface area contributed by atoms with Gasteiger partial charge in [-0.2, -0.15) is 0 Å². The van der Waals surface area contributed by atoms with Gasteiger partial charge in [-0.05, 0) is 25.5 Å². The first-order valence-corrected chi connectivity index (χ1v) is 4.69. The van der Waals surface area contributed by atoms with Gasteiger partial charge in [-0.25, -0.2) is 4.79 Å². The van der Waals surface area contributed by atoms with Gasteiger partial charge < -0.3 is 4.74 Å². The summed E-state index contributed by atoms with van der Waals surface area (Å²) in [4.78, 5) is 21.5. The second kappa shape index (κ2) is 3.44. The number of nitrogens with zero attached hydrogens (tertiary/aromatic N) is 1. The zero-order valence-electron chi connectivity index (χ0n) is 8.81. The first-order chi connectivity index (χ1) is 7.50. The van der Waals surface area contributed by atoms with Crippen molar-refractivity contribution in [3.05, 3.63) is 45.0 Å². The van der Waals surface area contributed by atoms with Crippen molar-refractivity contribution in [3.8, 4) is 0 Å². The summed E-state index contributed by atoms with van der Waals surface area (Å²) in [6.07, 6.45) is 0. The molecule has 0 bridgehead atoms. The number of esters is 1. The van der Waals surface area contributed by atoms with Gasteiger partial charge in [0.15, 0.2) is 0 Å². The molecule has 0 spiro atoms. The molecule has 1 aromatic carbocycles. The van der Waals surface area contributed by atoms with Gasteiger partial charge in [-0.3, -0.25) is 10.1 Å². The fourth-order valence-electron chi connectivity index (χ4n) is 1.59. The molecule has 1 aliphatic heterocycles. The minimum absolute atomic E-state index is 0.106. The van der Waals surface area contributed by atoms with Crippen molar-refractivity contribution in [2.24, 2.45) is 0 Å². The maximum absolute atomic E-state index is 11.5. The molecule has 0 saturated carbocycles. The predicted octanol–water partition coefficient (Wildman–Crippen LogP) is 2.52. The monoisotopic (exact) mass is 219 g/mol. The number of carbonyl (C=O) groups is 1. The molecule has 5 heteroatoms. The Hall–Kier alpha value is -2.17. The van der Waals surface area contributed by atoms with Crippen LogP contribution in [0.15, 0.2) is 23.8 Å². The van der Waals surface area contributed by atoms with Crippen LogP contribution in [0.1, 0.15) is 29.8 Å². The van der Waals surface area contributed by atoms with Crippen LogP contribution < -0.4 is 0 Å². The van der Waals surface area contributed by atoms with E-state index in [4.69, 9.17) is 4.74 Å². The molecule has 0 saturated heterocycles. The molecule has 1 aromatic rings. The molecule has 2 rings (SSSR count). The quantitative estimate of drug-likeness (QED) is 0.413. The number of ether oxygens (including phenoxy) is 1. The molecule has 0 radical (unpaired) electrons. The topological polar surface area (TPSA) is 69.4 Å². The average molecular weight is 219 g/mol. The van der Waals surface area contributed by atoms with Gasteiger partial charge >= 0.3 is 5.97 Å². The van der Waals surface area contributed by atoms with Crippen molar-refractivity contribution in [2.75, 3.05) is 0 Å². The molecule has 0 atom stereocenters. The standard InChI is InChI=1S/C11H9NO4/c1-6(2)10-8-4-3-7(12(14)15)5-9(8)11(13)16-10/h3-5H,1-2H3. The van der Waals surface area contributed by atoms with Gasteiger partial charge in [0.2, 0.25) is 0 Å². The summed E-state index contributed by atoms with van der Waals surface area (Å²) in [6, 6.07) is 4.15. The molecule has 1 aliphatic rings. The smallest absolute Gasteiger partial charge is 0.344 e. The van der Waals surface area contributed by atoms with E-state index in [9.17, 15) is 14.9 Å².